The standard InChI is InChI=1S/C21H16O7/c1-26-16(17-19(23)12-7-3-5-9-15(12)28-21(17)25)10-13-18(22)11-6-2-4-8-14(11)27-20(13)24/h2-9,16,22-23H,10H2,1H3. The van der Waals surface area contributed by atoms with Gasteiger partial charge in [0.1, 0.15) is 28.2 Å². The summed E-state index contributed by atoms with van der Waals surface area (Å²) in [7, 11) is 1.33. The monoisotopic (exact) mass is 380 g/mol. The van der Waals surface area contributed by atoms with Crippen molar-refractivity contribution in [2.24, 2.45) is 0 Å². The van der Waals surface area contributed by atoms with Gasteiger partial charge in [-0.05, 0) is 24.3 Å². The number of methoxy groups -OCH3 is 1. The van der Waals surface area contributed by atoms with E-state index in [0.717, 1.165) is 0 Å². The second-order valence-electron chi connectivity index (χ2n) is 6.29. The Morgan fingerprint density at radius 3 is 2.00 bits per heavy atom. The van der Waals surface area contributed by atoms with Gasteiger partial charge in [-0.1, -0.05) is 24.3 Å². The molecule has 0 bridgehead atoms. The Bertz CT molecular complexity index is 1300. The molecule has 2 heterocycles. The zero-order valence-corrected chi connectivity index (χ0v) is 14.8. The molecule has 0 aliphatic carbocycles. The minimum Gasteiger partial charge on any atom is -0.507 e. The van der Waals surface area contributed by atoms with E-state index in [2.05, 4.69) is 0 Å². The van der Waals surface area contributed by atoms with E-state index in [-0.39, 0.29) is 40.2 Å². The molecule has 0 aliphatic heterocycles. The molecular formula is C21H16O7. The zero-order valence-electron chi connectivity index (χ0n) is 14.8. The first-order valence-corrected chi connectivity index (χ1v) is 8.52. The van der Waals surface area contributed by atoms with Crippen molar-refractivity contribution in [3.63, 3.8) is 0 Å². The lowest BCUT2D eigenvalue weighted by molar-refractivity contribution is 0.0971. The molecule has 7 heteroatoms. The van der Waals surface area contributed by atoms with Crippen LogP contribution in [0.4, 0.5) is 0 Å². The lowest BCUT2D eigenvalue weighted by Gasteiger charge is -2.17. The summed E-state index contributed by atoms with van der Waals surface area (Å²) in [5.41, 5.74) is -1.24. The number of benzene rings is 2. The number of ether oxygens (including phenoxy) is 1. The van der Waals surface area contributed by atoms with E-state index >= 15 is 0 Å². The normalized spacial score (nSPS) is 12.5. The Balaban J connectivity index is 1.86. The molecule has 0 fully saturated rings. The number of hydrogen-bond acceptors (Lipinski definition) is 7. The average molecular weight is 380 g/mol. The van der Waals surface area contributed by atoms with E-state index in [0.29, 0.717) is 10.8 Å². The van der Waals surface area contributed by atoms with E-state index in [4.69, 9.17) is 13.6 Å². The molecule has 2 N–H and O–H groups in total. The van der Waals surface area contributed by atoms with E-state index in [9.17, 15) is 19.8 Å². The van der Waals surface area contributed by atoms with Crippen LogP contribution < -0.4 is 11.3 Å². The largest absolute Gasteiger partial charge is 0.507 e. The third-order valence-electron chi connectivity index (χ3n) is 4.69. The summed E-state index contributed by atoms with van der Waals surface area (Å²) >= 11 is 0. The average Bonchev–Trinajstić information content (AvgIpc) is 2.69. The fourth-order valence-corrected chi connectivity index (χ4v) is 3.27. The van der Waals surface area contributed by atoms with Crippen LogP contribution in [0.1, 0.15) is 17.2 Å². The van der Waals surface area contributed by atoms with E-state index in [1.807, 2.05) is 0 Å². The highest BCUT2D eigenvalue weighted by Gasteiger charge is 2.26. The highest BCUT2D eigenvalue weighted by Crippen LogP contribution is 2.35. The number of fused-ring (bicyclic) bond motifs is 2. The molecule has 28 heavy (non-hydrogen) atoms. The summed E-state index contributed by atoms with van der Waals surface area (Å²) in [6.45, 7) is 0. The Labute approximate surface area is 158 Å². The van der Waals surface area contributed by atoms with Gasteiger partial charge in [0, 0.05) is 13.5 Å². The molecule has 4 rings (SSSR count). The maximum absolute atomic E-state index is 12.5. The van der Waals surface area contributed by atoms with Crippen LogP contribution in [0.15, 0.2) is 67.0 Å². The Hall–Kier alpha value is -3.58. The second kappa shape index (κ2) is 6.86. The molecule has 0 saturated carbocycles. The van der Waals surface area contributed by atoms with Gasteiger partial charge < -0.3 is 23.8 Å². The molecule has 1 unspecified atom stereocenters. The molecule has 142 valence electrons. The fraction of sp³-hybridized carbons (Fsp3) is 0.143. The summed E-state index contributed by atoms with van der Waals surface area (Å²) in [6.07, 6.45) is -1.22. The van der Waals surface area contributed by atoms with Gasteiger partial charge in [-0.3, -0.25) is 0 Å². The summed E-state index contributed by atoms with van der Waals surface area (Å²) < 4.78 is 15.9. The number of rotatable bonds is 4. The molecule has 7 nitrogen and oxygen atoms in total. The van der Waals surface area contributed by atoms with Crippen LogP contribution in [0.2, 0.25) is 0 Å². The minimum atomic E-state index is -1.03. The summed E-state index contributed by atoms with van der Waals surface area (Å²) in [5.74, 6) is -0.540. The highest BCUT2D eigenvalue weighted by atomic mass is 16.5. The van der Waals surface area contributed by atoms with E-state index in [1.165, 1.54) is 7.11 Å². The highest BCUT2D eigenvalue weighted by molar-refractivity contribution is 5.85. The lowest BCUT2D eigenvalue weighted by atomic mass is 10.00. The fourth-order valence-electron chi connectivity index (χ4n) is 3.27. The Morgan fingerprint density at radius 2 is 1.39 bits per heavy atom. The van der Waals surface area contributed by atoms with Crippen LogP contribution in [-0.4, -0.2) is 17.3 Å². The lowest BCUT2D eigenvalue weighted by Crippen LogP contribution is -2.19. The van der Waals surface area contributed by atoms with Crippen molar-refractivity contribution in [2.45, 2.75) is 12.5 Å². The molecule has 2 aromatic heterocycles. The van der Waals surface area contributed by atoms with Crippen molar-refractivity contribution in [2.75, 3.05) is 7.11 Å². The van der Waals surface area contributed by atoms with Crippen molar-refractivity contribution < 1.29 is 23.8 Å². The molecule has 4 aromatic rings. The molecule has 0 radical (unpaired) electrons. The maximum Gasteiger partial charge on any atom is 0.345 e. The van der Waals surface area contributed by atoms with Gasteiger partial charge in [-0.15, -0.1) is 0 Å². The smallest absolute Gasteiger partial charge is 0.345 e. The third kappa shape index (κ3) is 2.82. The summed E-state index contributed by atoms with van der Waals surface area (Å²) in [4.78, 5) is 24.8. The van der Waals surface area contributed by atoms with Crippen LogP contribution >= 0.6 is 0 Å². The molecule has 0 saturated heterocycles. The molecule has 0 spiro atoms. The molecule has 2 aromatic carbocycles. The van der Waals surface area contributed by atoms with Gasteiger partial charge >= 0.3 is 11.3 Å². The molecule has 0 amide bonds. The third-order valence-corrected chi connectivity index (χ3v) is 4.69. The summed E-state index contributed by atoms with van der Waals surface area (Å²) in [6, 6.07) is 13.1. The van der Waals surface area contributed by atoms with Crippen LogP contribution in [0.3, 0.4) is 0 Å². The quantitative estimate of drug-likeness (QED) is 0.523. The van der Waals surface area contributed by atoms with E-state index in [1.54, 1.807) is 48.5 Å². The SMILES string of the molecule is COC(Cc1c(O)c2ccccc2oc1=O)c1c(O)c2ccccc2oc1=O. The van der Waals surface area contributed by atoms with Crippen LogP contribution in [-0.2, 0) is 11.2 Å². The predicted octanol–water partition coefficient (Wildman–Crippen LogP) is 3.24. The van der Waals surface area contributed by atoms with E-state index < -0.39 is 17.4 Å². The first kappa shape index (κ1) is 17.8. The first-order chi connectivity index (χ1) is 13.5. The van der Waals surface area contributed by atoms with Crippen LogP contribution in [0.5, 0.6) is 11.5 Å². The number of para-hydroxylation sites is 2. The van der Waals surface area contributed by atoms with Gasteiger partial charge in [0.15, 0.2) is 0 Å². The van der Waals surface area contributed by atoms with Crippen molar-refractivity contribution in [1.29, 1.82) is 0 Å². The predicted molar refractivity (Wildman–Crippen MR) is 102 cm³/mol. The van der Waals surface area contributed by atoms with Gasteiger partial charge in [0.2, 0.25) is 0 Å². The van der Waals surface area contributed by atoms with Gasteiger partial charge in [-0.25, -0.2) is 9.59 Å². The topological polar surface area (TPSA) is 110 Å². The van der Waals surface area contributed by atoms with Crippen molar-refractivity contribution >= 4 is 21.9 Å². The van der Waals surface area contributed by atoms with Crippen molar-refractivity contribution in [3.8, 4) is 11.5 Å². The Kier molecular flexibility index (Phi) is 4.37. The maximum atomic E-state index is 12.5. The van der Waals surface area contributed by atoms with Crippen LogP contribution in [0.25, 0.3) is 21.9 Å². The van der Waals surface area contributed by atoms with Gasteiger partial charge in [0.05, 0.1) is 22.4 Å². The second-order valence-corrected chi connectivity index (χ2v) is 6.29. The van der Waals surface area contributed by atoms with Crippen molar-refractivity contribution in [1.82, 2.24) is 0 Å². The van der Waals surface area contributed by atoms with Gasteiger partial charge in [-0.2, -0.15) is 0 Å². The van der Waals surface area contributed by atoms with Crippen molar-refractivity contribution in [3.05, 3.63) is 80.5 Å². The minimum absolute atomic E-state index is 0.0579. The Morgan fingerprint density at radius 1 is 0.857 bits per heavy atom. The number of aromatic hydroxyl groups is 2. The number of hydrogen-bond donors (Lipinski definition) is 2. The molecular weight excluding hydrogens is 364 g/mol. The molecule has 0 aliphatic rings. The first-order valence-electron chi connectivity index (χ1n) is 8.52. The van der Waals surface area contributed by atoms with Crippen LogP contribution in [0, 0.1) is 0 Å². The zero-order chi connectivity index (χ0) is 19.8. The summed E-state index contributed by atoms with van der Waals surface area (Å²) in [5, 5.41) is 21.9. The molecule has 1 atom stereocenters. The van der Waals surface area contributed by atoms with Gasteiger partial charge in [0.25, 0.3) is 0 Å².